The molecule has 0 spiro atoms. The van der Waals surface area contributed by atoms with E-state index < -0.39 is 23.8 Å². The molecule has 0 saturated heterocycles. The summed E-state index contributed by atoms with van der Waals surface area (Å²) in [5, 5.41) is 14.0. The van der Waals surface area contributed by atoms with E-state index in [9.17, 15) is 14.4 Å². The van der Waals surface area contributed by atoms with Crippen LogP contribution in [0.25, 0.3) is 0 Å². The maximum absolute atomic E-state index is 11.6. The first kappa shape index (κ1) is 11.9. The molecule has 6 nitrogen and oxygen atoms in total. The summed E-state index contributed by atoms with van der Waals surface area (Å²) >= 11 is 0. The maximum Gasteiger partial charge on any atom is 0.307 e. The molecular formula is C11H16N2O4. The Morgan fingerprint density at radius 3 is 2.35 bits per heavy atom. The minimum Gasteiger partial charge on any atom is -0.481 e. The van der Waals surface area contributed by atoms with Crippen LogP contribution in [0.2, 0.25) is 0 Å². The first-order valence-corrected chi connectivity index (χ1v) is 5.82. The van der Waals surface area contributed by atoms with Gasteiger partial charge in [-0.25, -0.2) is 0 Å². The fourth-order valence-electron chi connectivity index (χ4n) is 1.70. The molecule has 2 aliphatic rings. The van der Waals surface area contributed by atoms with E-state index in [0.29, 0.717) is 6.42 Å². The van der Waals surface area contributed by atoms with Crippen molar-refractivity contribution >= 4 is 17.8 Å². The number of carbonyl (C=O) groups excluding carboxylic acids is 2. The van der Waals surface area contributed by atoms with Gasteiger partial charge >= 0.3 is 5.97 Å². The van der Waals surface area contributed by atoms with Gasteiger partial charge in [-0.2, -0.15) is 0 Å². The molecule has 0 heterocycles. The summed E-state index contributed by atoms with van der Waals surface area (Å²) in [6.07, 6.45) is 2.37. The molecule has 3 atom stereocenters. The van der Waals surface area contributed by atoms with E-state index in [4.69, 9.17) is 5.11 Å². The molecule has 2 rings (SSSR count). The van der Waals surface area contributed by atoms with Crippen LogP contribution in [0.5, 0.6) is 0 Å². The van der Waals surface area contributed by atoms with Crippen molar-refractivity contribution in [3.05, 3.63) is 0 Å². The number of rotatable bonds is 5. The third kappa shape index (κ3) is 2.95. The van der Waals surface area contributed by atoms with E-state index >= 15 is 0 Å². The Balaban J connectivity index is 1.74. The number of hydrogen-bond acceptors (Lipinski definition) is 3. The zero-order valence-corrected chi connectivity index (χ0v) is 9.60. The SMILES string of the molecule is CC(NC(=O)[C@@H]1C[C@@H]1C(=O)O)C(=O)NC1CC1. The maximum atomic E-state index is 11.6. The molecule has 0 aromatic rings. The Kier molecular flexibility index (Phi) is 3.04. The van der Waals surface area contributed by atoms with Crippen molar-refractivity contribution < 1.29 is 19.5 Å². The minimum absolute atomic E-state index is 0.201. The molecule has 17 heavy (non-hydrogen) atoms. The first-order chi connectivity index (χ1) is 7.99. The molecule has 1 unspecified atom stereocenters. The predicted molar refractivity (Wildman–Crippen MR) is 58.0 cm³/mol. The lowest BCUT2D eigenvalue weighted by Crippen LogP contribution is -2.46. The van der Waals surface area contributed by atoms with Crippen LogP contribution in [0.3, 0.4) is 0 Å². The van der Waals surface area contributed by atoms with E-state index in [-0.39, 0.29) is 17.9 Å². The minimum atomic E-state index is -0.944. The van der Waals surface area contributed by atoms with Crippen LogP contribution < -0.4 is 10.6 Å². The fourth-order valence-corrected chi connectivity index (χ4v) is 1.70. The Bertz CT molecular complexity index is 364. The monoisotopic (exact) mass is 240 g/mol. The zero-order chi connectivity index (χ0) is 12.6. The van der Waals surface area contributed by atoms with Crippen LogP contribution in [-0.2, 0) is 14.4 Å². The van der Waals surface area contributed by atoms with Crippen molar-refractivity contribution in [3.63, 3.8) is 0 Å². The van der Waals surface area contributed by atoms with Gasteiger partial charge in [-0.1, -0.05) is 0 Å². The molecule has 3 N–H and O–H groups in total. The van der Waals surface area contributed by atoms with Crippen LogP contribution in [0.4, 0.5) is 0 Å². The van der Waals surface area contributed by atoms with Gasteiger partial charge in [-0.05, 0) is 26.2 Å². The van der Waals surface area contributed by atoms with Crippen molar-refractivity contribution in [3.8, 4) is 0 Å². The molecule has 0 aromatic carbocycles. The lowest BCUT2D eigenvalue weighted by atomic mass is 10.2. The Morgan fingerprint density at radius 1 is 1.24 bits per heavy atom. The van der Waals surface area contributed by atoms with Gasteiger partial charge in [0.05, 0.1) is 11.8 Å². The van der Waals surface area contributed by atoms with Gasteiger partial charge in [0.2, 0.25) is 11.8 Å². The van der Waals surface area contributed by atoms with Crippen LogP contribution in [-0.4, -0.2) is 35.0 Å². The van der Waals surface area contributed by atoms with Crippen LogP contribution in [0.1, 0.15) is 26.2 Å². The predicted octanol–water partition coefficient (Wildman–Crippen LogP) is -0.510. The number of carbonyl (C=O) groups is 3. The number of carboxylic acids is 1. The van der Waals surface area contributed by atoms with Crippen molar-refractivity contribution in [1.82, 2.24) is 10.6 Å². The molecular weight excluding hydrogens is 224 g/mol. The second kappa shape index (κ2) is 4.35. The van der Waals surface area contributed by atoms with Crippen molar-refractivity contribution in [2.75, 3.05) is 0 Å². The smallest absolute Gasteiger partial charge is 0.307 e. The Hall–Kier alpha value is -1.59. The summed E-state index contributed by atoms with van der Waals surface area (Å²) in [4.78, 5) is 33.7. The first-order valence-electron chi connectivity index (χ1n) is 5.82. The molecule has 6 heteroatoms. The molecule has 0 aromatic heterocycles. The van der Waals surface area contributed by atoms with E-state index in [0.717, 1.165) is 12.8 Å². The summed E-state index contributed by atoms with van der Waals surface area (Å²) in [6.45, 7) is 1.60. The third-order valence-electron chi connectivity index (χ3n) is 3.12. The zero-order valence-electron chi connectivity index (χ0n) is 9.60. The number of nitrogens with one attached hydrogen (secondary N) is 2. The second-order valence-electron chi connectivity index (χ2n) is 4.80. The lowest BCUT2D eigenvalue weighted by molar-refractivity contribution is -0.140. The average molecular weight is 240 g/mol. The summed E-state index contributed by atoms with van der Waals surface area (Å²) in [6, 6.07) is -0.340. The van der Waals surface area contributed by atoms with Crippen molar-refractivity contribution in [2.24, 2.45) is 11.8 Å². The highest BCUT2D eigenvalue weighted by Gasteiger charge is 2.48. The molecule has 0 aliphatic heterocycles. The number of hydrogen-bond donors (Lipinski definition) is 3. The highest BCUT2D eigenvalue weighted by molar-refractivity contribution is 5.93. The normalized spacial score (nSPS) is 28.1. The summed E-state index contributed by atoms with van der Waals surface area (Å²) in [5.74, 6) is -2.53. The van der Waals surface area contributed by atoms with E-state index in [1.54, 1.807) is 6.92 Å². The number of aliphatic carboxylic acids is 1. The van der Waals surface area contributed by atoms with Gasteiger partial charge in [0.15, 0.2) is 0 Å². The second-order valence-corrected chi connectivity index (χ2v) is 4.80. The fraction of sp³-hybridized carbons (Fsp3) is 0.727. The molecule has 94 valence electrons. The summed E-state index contributed by atoms with van der Waals surface area (Å²) in [5.41, 5.74) is 0. The molecule has 2 fully saturated rings. The molecule has 0 radical (unpaired) electrons. The summed E-state index contributed by atoms with van der Waals surface area (Å²) in [7, 11) is 0. The highest BCUT2D eigenvalue weighted by Crippen LogP contribution is 2.38. The third-order valence-corrected chi connectivity index (χ3v) is 3.12. The molecule has 2 aliphatic carbocycles. The van der Waals surface area contributed by atoms with Gasteiger partial charge in [0.25, 0.3) is 0 Å². The summed E-state index contributed by atoms with van der Waals surface area (Å²) < 4.78 is 0. The van der Waals surface area contributed by atoms with E-state index in [1.165, 1.54) is 0 Å². The topological polar surface area (TPSA) is 95.5 Å². The van der Waals surface area contributed by atoms with Gasteiger partial charge in [0.1, 0.15) is 6.04 Å². The molecule has 0 bridgehead atoms. The standard InChI is InChI=1S/C11H16N2O4/c1-5(9(14)13-6-2-3-6)12-10(15)7-4-8(7)11(16)17/h5-8H,2-4H2,1H3,(H,12,15)(H,13,14)(H,16,17)/t5?,7-,8+/m1/s1. The number of amides is 2. The van der Waals surface area contributed by atoms with Gasteiger partial charge in [-0.3, -0.25) is 14.4 Å². The Labute approximate surface area is 98.8 Å². The van der Waals surface area contributed by atoms with Crippen LogP contribution in [0.15, 0.2) is 0 Å². The van der Waals surface area contributed by atoms with Gasteiger partial charge in [-0.15, -0.1) is 0 Å². The largest absolute Gasteiger partial charge is 0.481 e. The van der Waals surface area contributed by atoms with Crippen LogP contribution in [0, 0.1) is 11.8 Å². The van der Waals surface area contributed by atoms with Crippen molar-refractivity contribution in [1.29, 1.82) is 0 Å². The van der Waals surface area contributed by atoms with Gasteiger partial charge < -0.3 is 15.7 Å². The quantitative estimate of drug-likeness (QED) is 0.603. The number of carboxylic acid groups (broad SMARTS) is 1. The van der Waals surface area contributed by atoms with Crippen molar-refractivity contribution in [2.45, 2.75) is 38.3 Å². The molecule has 2 amide bonds. The van der Waals surface area contributed by atoms with Gasteiger partial charge in [0, 0.05) is 6.04 Å². The molecule has 2 saturated carbocycles. The Morgan fingerprint density at radius 2 is 1.88 bits per heavy atom. The van der Waals surface area contributed by atoms with E-state index in [2.05, 4.69) is 10.6 Å². The van der Waals surface area contributed by atoms with E-state index in [1.807, 2.05) is 0 Å². The van der Waals surface area contributed by atoms with Crippen LogP contribution >= 0.6 is 0 Å². The average Bonchev–Trinajstić information content (AvgIpc) is 3.11. The lowest BCUT2D eigenvalue weighted by Gasteiger charge is -2.13. The highest BCUT2D eigenvalue weighted by atomic mass is 16.4.